The van der Waals surface area contributed by atoms with Crippen LogP contribution in [0.2, 0.25) is 0 Å². The molecule has 5 nitrogen and oxygen atoms in total. The van der Waals surface area contributed by atoms with Crippen LogP contribution in [0.3, 0.4) is 0 Å². The van der Waals surface area contributed by atoms with E-state index in [-0.39, 0.29) is 6.04 Å². The number of fused-ring (bicyclic) bond motifs is 1. The summed E-state index contributed by atoms with van der Waals surface area (Å²) in [4.78, 5) is 9.81. The van der Waals surface area contributed by atoms with E-state index in [1.165, 1.54) is 0 Å². The number of H-pyrrole nitrogens is 1. The van der Waals surface area contributed by atoms with Crippen LogP contribution in [0.1, 0.15) is 17.6 Å². The van der Waals surface area contributed by atoms with Gasteiger partial charge < -0.3 is 14.7 Å². The Bertz CT molecular complexity index is 729. The van der Waals surface area contributed by atoms with Crippen LogP contribution in [-0.2, 0) is 0 Å². The van der Waals surface area contributed by atoms with Gasteiger partial charge in [0.1, 0.15) is 23.0 Å². The highest BCUT2D eigenvalue weighted by molar-refractivity contribution is 5.77. The number of aromatic amines is 1. The summed E-state index contributed by atoms with van der Waals surface area (Å²) < 4.78 is 5.74. The molecule has 5 heteroatoms. The minimum Gasteiger partial charge on any atom is -0.465 e. The van der Waals surface area contributed by atoms with Gasteiger partial charge in [0.25, 0.3) is 0 Å². The van der Waals surface area contributed by atoms with Crippen LogP contribution < -0.4 is 5.32 Å². The number of rotatable bonds is 5. The second-order valence-corrected chi connectivity index (χ2v) is 5.42. The van der Waals surface area contributed by atoms with E-state index in [0.29, 0.717) is 0 Å². The number of hydrogen-bond acceptors (Lipinski definition) is 4. The van der Waals surface area contributed by atoms with E-state index in [9.17, 15) is 0 Å². The quantitative estimate of drug-likeness (QED) is 0.755. The van der Waals surface area contributed by atoms with Gasteiger partial charge in [0.05, 0.1) is 6.04 Å². The normalized spacial score (nSPS) is 13.0. The zero-order valence-corrected chi connectivity index (χ0v) is 12.6. The number of aryl methyl sites for hydroxylation is 1. The maximum absolute atomic E-state index is 5.74. The molecule has 0 bridgehead atoms. The Hall–Kier alpha value is -2.27. The van der Waals surface area contributed by atoms with Crippen LogP contribution in [0.25, 0.3) is 11.0 Å². The van der Waals surface area contributed by atoms with E-state index in [2.05, 4.69) is 26.3 Å². The lowest BCUT2D eigenvalue weighted by Crippen LogP contribution is -2.26. The molecule has 1 unspecified atom stereocenters. The predicted molar refractivity (Wildman–Crippen MR) is 84.5 cm³/mol. The fraction of sp³-hybridized carbons (Fsp3) is 0.312. The summed E-state index contributed by atoms with van der Waals surface area (Å²) >= 11 is 0. The molecule has 0 aromatic carbocycles. The predicted octanol–water partition coefficient (Wildman–Crippen LogP) is 3.18. The van der Waals surface area contributed by atoms with Gasteiger partial charge in [0.2, 0.25) is 0 Å². The summed E-state index contributed by atoms with van der Waals surface area (Å²) in [5.74, 6) is 2.76. The van der Waals surface area contributed by atoms with Crippen LogP contribution in [0.15, 0.2) is 40.9 Å². The van der Waals surface area contributed by atoms with Crippen LogP contribution in [-0.4, -0.2) is 35.5 Å². The van der Waals surface area contributed by atoms with E-state index in [1.807, 2.05) is 51.5 Å². The van der Waals surface area contributed by atoms with Crippen molar-refractivity contribution in [2.45, 2.75) is 13.0 Å². The highest BCUT2D eigenvalue weighted by Crippen LogP contribution is 2.21. The molecule has 0 radical (unpaired) electrons. The molecular weight excluding hydrogens is 264 g/mol. The first-order chi connectivity index (χ1) is 10.1. The summed E-state index contributed by atoms with van der Waals surface area (Å²) in [6.07, 6.45) is 1.90. The van der Waals surface area contributed by atoms with Gasteiger partial charge >= 0.3 is 0 Å². The SMILES string of the molecule is Cc1ccc(C(CNc2ccc3cc[nH]c3n2)N(C)C)o1. The van der Waals surface area contributed by atoms with Crippen molar-refractivity contribution < 1.29 is 4.42 Å². The van der Waals surface area contributed by atoms with Crippen molar-refractivity contribution in [3.8, 4) is 0 Å². The summed E-state index contributed by atoms with van der Waals surface area (Å²) in [6.45, 7) is 2.70. The minimum atomic E-state index is 0.167. The summed E-state index contributed by atoms with van der Waals surface area (Å²) in [6, 6.07) is 10.3. The van der Waals surface area contributed by atoms with Gasteiger partial charge in [0.15, 0.2) is 0 Å². The largest absolute Gasteiger partial charge is 0.465 e. The lowest BCUT2D eigenvalue weighted by molar-refractivity contribution is 0.266. The molecule has 3 heterocycles. The number of nitrogens with one attached hydrogen (secondary N) is 2. The molecule has 0 fully saturated rings. The third kappa shape index (κ3) is 2.92. The van der Waals surface area contributed by atoms with Crippen molar-refractivity contribution >= 4 is 16.9 Å². The fourth-order valence-corrected chi connectivity index (χ4v) is 2.40. The lowest BCUT2D eigenvalue weighted by atomic mass is 10.2. The zero-order chi connectivity index (χ0) is 14.8. The van der Waals surface area contributed by atoms with Crippen LogP contribution in [0, 0.1) is 6.92 Å². The minimum absolute atomic E-state index is 0.167. The van der Waals surface area contributed by atoms with Crippen molar-refractivity contribution in [2.24, 2.45) is 0 Å². The summed E-state index contributed by atoms with van der Waals surface area (Å²) in [5.41, 5.74) is 0.898. The Labute approximate surface area is 124 Å². The second kappa shape index (κ2) is 5.61. The monoisotopic (exact) mass is 284 g/mol. The molecule has 21 heavy (non-hydrogen) atoms. The smallest absolute Gasteiger partial charge is 0.139 e. The Balaban J connectivity index is 1.74. The van der Waals surface area contributed by atoms with Gasteiger partial charge in [0, 0.05) is 18.1 Å². The molecule has 0 amide bonds. The number of hydrogen-bond donors (Lipinski definition) is 2. The van der Waals surface area contributed by atoms with Crippen molar-refractivity contribution in [3.63, 3.8) is 0 Å². The Morgan fingerprint density at radius 2 is 2.10 bits per heavy atom. The number of anilines is 1. The maximum Gasteiger partial charge on any atom is 0.139 e. The van der Waals surface area contributed by atoms with Crippen LogP contribution >= 0.6 is 0 Å². The molecule has 0 saturated heterocycles. The average Bonchev–Trinajstić information content (AvgIpc) is 3.07. The zero-order valence-electron chi connectivity index (χ0n) is 12.6. The summed E-state index contributed by atoms with van der Waals surface area (Å²) in [5, 5.41) is 4.50. The molecule has 2 N–H and O–H groups in total. The third-order valence-corrected chi connectivity index (χ3v) is 3.60. The van der Waals surface area contributed by atoms with Gasteiger partial charge in [-0.15, -0.1) is 0 Å². The molecule has 0 aliphatic rings. The molecule has 0 aliphatic heterocycles. The lowest BCUT2D eigenvalue weighted by Gasteiger charge is -2.22. The first kappa shape index (κ1) is 13.7. The van der Waals surface area contributed by atoms with Gasteiger partial charge in [-0.25, -0.2) is 4.98 Å². The topological polar surface area (TPSA) is 57.1 Å². The Morgan fingerprint density at radius 3 is 2.81 bits per heavy atom. The summed E-state index contributed by atoms with van der Waals surface area (Å²) in [7, 11) is 4.09. The molecule has 3 aromatic heterocycles. The number of nitrogens with zero attached hydrogens (tertiary/aromatic N) is 2. The van der Waals surface area contributed by atoms with Crippen LogP contribution in [0.5, 0.6) is 0 Å². The standard InChI is InChI=1S/C16H20N4O/c1-11-4-6-14(21-11)13(20(2)3)10-18-15-7-5-12-8-9-17-16(12)19-15/h4-9,13H,10H2,1-3H3,(H2,17,18,19). The second-order valence-electron chi connectivity index (χ2n) is 5.42. The van der Waals surface area contributed by atoms with Gasteiger partial charge in [-0.2, -0.15) is 0 Å². The highest BCUT2D eigenvalue weighted by Gasteiger charge is 2.17. The molecular formula is C16H20N4O. The van der Waals surface area contributed by atoms with E-state index in [4.69, 9.17) is 4.42 Å². The maximum atomic E-state index is 5.74. The van der Waals surface area contributed by atoms with Crippen molar-refractivity contribution in [3.05, 3.63) is 48.0 Å². The van der Waals surface area contributed by atoms with Gasteiger partial charge in [-0.05, 0) is 51.4 Å². The van der Waals surface area contributed by atoms with Crippen LogP contribution in [0.4, 0.5) is 5.82 Å². The molecule has 110 valence electrons. The van der Waals surface area contributed by atoms with E-state index >= 15 is 0 Å². The first-order valence-electron chi connectivity index (χ1n) is 7.04. The average molecular weight is 284 g/mol. The molecule has 0 spiro atoms. The molecule has 3 rings (SSSR count). The number of furan rings is 1. The number of pyridine rings is 1. The van der Waals surface area contributed by atoms with E-state index < -0.39 is 0 Å². The van der Waals surface area contributed by atoms with Gasteiger partial charge in [-0.1, -0.05) is 0 Å². The Morgan fingerprint density at radius 1 is 1.24 bits per heavy atom. The van der Waals surface area contributed by atoms with Crippen molar-refractivity contribution in [1.82, 2.24) is 14.9 Å². The number of likely N-dealkylation sites (N-methyl/N-ethyl adjacent to an activating group) is 1. The molecule has 0 aliphatic carbocycles. The fourth-order valence-electron chi connectivity index (χ4n) is 2.40. The first-order valence-corrected chi connectivity index (χ1v) is 7.04. The Kier molecular flexibility index (Phi) is 3.66. The van der Waals surface area contributed by atoms with Gasteiger partial charge in [-0.3, -0.25) is 4.90 Å². The molecule has 3 aromatic rings. The number of aromatic nitrogens is 2. The highest BCUT2D eigenvalue weighted by atomic mass is 16.3. The van der Waals surface area contributed by atoms with E-state index in [1.54, 1.807) is 0 Å². The van der Waals surface area contributed by atoms with Crippen molar-refractivity contribution in [1.29, 1.82) is 0 Å². The van der Waals surface area contributed by atoms with E-state index in [0.717, 1.165) is 34.9 Å². The molecule has 0 saturated carbocycles. The molecule has 1 atom stereocenters. The third-order valence-electron chi connectivity index (χ3n) is 3.60. The van der Waals surface area contributed by atoms with Crippen molar-refractivity contribution in [2.75, 3.05) is 26.0 Å².